The molecule has 19 heavy (non-hydrogen) atoms. The molecule has 0 aliphatic rings. The Morgan fingerprint density at radius 3 is 2.68 bits per heavy atom. The van der Waals surface area contributed by atoms with Crippen molar-refractivity contribution in [2.75, 3.05) is 20.3 Å². The summed E-state index contributed by atoms with van der Waals surface area (Å²) < 4.78 is 47.1. The van der Waals surface area contributed by atoms with E-state index >= 15 is 0 Å². The van der Waals surface area contributed by atoms with Gasteiger partial charge in [-0.1, -0.05) is 6.08 Å². The van der Waals surface area contributed by atoms with Crippen LogP contribution in [0.5, 0.6) is 0 Å². The summed E-state index contributed by atoms with van der Waals surface area (Å²) in [5.41, 5.74) is -0.0622. The molecule has 1 rings (SSSR count). The molecule has 0 amide bonds. The van der Waals surface area contributed by atoms with Gasteiger partial charge in [0.15, 0.2) is 5.01 Å². The van der Waals surface area contributed by atoms with Crippen LogP contribution in [0.15, 0.2) is 6.08 Å². The van der Waals surface area contributed by atoms with E-state index < -0.39 is 17.2 Å². The van der Waals surface area contributed by atoms with Crippen molar-refractivity contribution in [1.29, 1.82) is 0 Å². The lowest BCUT2D eigenvalue weighted by Crippen LogP contribution is -2.03. The summed E-state index contributed by atoms with van der Waals surface area (Å²) >= 11 is 0.270. The molecular weight excluding hydrogens is 283 g/mol. The number of hydrogen-bond acceptors (Lipinski definition) is 5. The summed E-state index contributed by atoms with van der Waals surface area (Å²) in [4.78, 5) is 14.8. The molecule has 0 bridgehead atoms. The minimum Gasteiger partial charge on any atom is -0.462 e. The van der Waals surface area contributed by atoms with Crippen LogP contribution in [0, 0.1) is 0 Å². The van der Waals surface area contributed by atoms with Gasteiger partial charge in [-0.05, 0) is 13.0 Å². The Hall–Kier alpha value is -1.41. The van der Waals surface area contributed by atoms with E-state index in [0.29, 0.717) is 0 Å². The Kier molecular flexibility index (Phi) is 5.49. The second-order valence-electron chi connectivity index (χ2n) is 3.31. The predicted octanol–water partition coefficient (Wildman–Crippen LogP) is 3.00. The SMILES string of the molecule is CCOC(=O)c1sc(C(F)(F)F)nc1C=CCOC. The zero-order chi connectivity index (χ0) is 14.5. The molecule has 0 fully saturated rings. The lowest BCUT2D eigenvalue weighted by atomic mass is 10.3. The molecule has 8 heteroatoms. The molecule has 1 heterocycles. The number of halogens is 3. The van der Waals surface area contributed by atoms with Gasteiger partial charge in [-0.25, -0.2) is 9.78 Å². The van der Waals surface area contributed by atoms with E-state index in [0.717, 1.165) is 0 Å². The topological polar surface area (TPSA) is 48.4 Å². The van der Waals surface area contributed by atoms with Crippen molar-refractivity contribution in [3.8, 4) is 0 Å². The quantitative estimate of drug-likeness (QED) is 0.784. The van der Waals surface area contributed by atoms with Gasteiger partial charge in [0.25, 0.3) is 0 Å². The fraction of sp³-hybridized carbons (Fsp3) is 0.455. The van der Waals surface area contributed by atoms with Gasteiger partial charge in [-0.3, -0.25) is 0 Å². The second kappa shape index (κ2) is 6.67. The van der Waals surface area contributed by atoms with E-state index in [1.54, 1.807) is 6.92 Å². The zero-order valence-electron chi connectivity index (χ0n) is 10.3. The van der Waals surface area contributed by atoms with E-state index in [4.69, 9.17) is 9.47 Å². The Morgan fingerprint density at radius 1 is 1.47 bits per heavy atom. The van der Waals surface area contributed by atoms with E-state index in [9.17, 15) is 18.0 Å². The summed E-state index contributed by atoms with van der Waals surface area (Å²) in [7, 11) is 1.44. The summed E-state index contributed by atoms with van der Waals surface area (Å²) in [6, 6.07) is 0. The smallest absolute Gasteiger partial charge is 0.443 e. The highest BCUT2D eigenvalue weighted by atomic mass is 32.1. The first-order chi connectivity index (χ1) is 8.90. The number of thiazole rings is 1. The van der Waals surface area contributed by atoms with Crippen LogP contribution >= 0.6 is 11.3 Å². The summed E-state index contributed by atoms with van der Waals surface area (Å²) in [5.74, 6) is -0.812. The Morgan fingerprint density at radius 2 is 2.16 bits per heavy atom. The van der Waals surface area contributed by atoms with E-state index in [1.807, 2.05) is 0 Å². The van der Waals surface area contributed by atoms with Crippen LogP contribution in [0.1, 0.15) is 27.3 Å². The maximum Gasteiger partial charge on any atom is 0.443 e. The van der Waals surface area contributed by atoms with Crippen LogP contribution in [-0.4, -0.2) is 31.3 Å². The molecule has 0 atom stereocenters. The lowest BCUT2D eigenvalue weighted by Gasteiger charge is -1.99. The molecule has 0 unspecified atom stereocenters. The summed E-state index contributed by atoms with van der Waals surface area (Å²) in [6.45, 7) is 1.87. The lowest BCUT2D eigenvalue weighted by molar-refractivity contribution is -0.137. The Labute approximate surface area is 111 Å². The minimum atomic E-state index is -4.58. The molecule has 0 aliphatic heterocycles. The highest BCUT2D eigenvalue weighted by Crippen LogP contribution is 2.34. The number of aromatic nitrogens is 1. The van der Waals surface area contributed by atoms with Gasteiger partial charge in [-0.2, -0.15) is 13.2 Å². The fourth-order valence-electron chi connectivity index (χ4n) is 1.17. The van der Waals surface area contributed by atoms with Gasteiger partial charge in [0.05, 0.1) is 18.9 Å². The van der Waals surface area contributed by atoms with Gasteiger partial charge in [0, 0.05) is 7.11 Å². The maximum absolute atomic E-state index is 12.6. The van der Waals surface area contributed by atoms with Crippen LogP contribution < -0.4 is 0 Å². The summed E-state index contributed by atoms with van der Waals surface area (Å²) in [6.07, 6.45) is -1.81. The highest BCUT2D eigenvalue weighted by molar-refractivity contribution is 7.13. The first-order valence-corrected chi connectivity index (χ1v) is 6.12. The molecule has 1 aromatic heterocycles. The van der Waals surface area contributed by atoms with Crippen LogP contribution in [0.2, 0.25) is 0 Å². The monoisotopic (exact) mass is 295 g/mol. The number of esters is 1. The van der Waals surface area contributed by atoms with Crippen LogP contribution in [0.4, 0.5) is 13.2 Å². The van der Waals surface area contributed by atoms with Crippen molar-refractivity contribution in [3.05, 3.63) is 21.7 Å². The molecule has 4 nitrogen and oxygen atoms in total. The van der Waals surface area contributed by atoms with E-state index in [2.05, 4.69) is 4.98 Å². The average Bonchev–Trinajstić information content (AvgIpc) is 2.74. The van der Waals surface area contributed by atoms with E-state index in [1.165, 1.54) is 19.3 Å². The van der Waals surface area contributed by atoms with Crippen LogP contribution in [0.25, 0.3) is 6.08 Å². The molecule has 0 radical (unpaired) electrons. The van der Waals surface area contributed by atoms with Crippen LogP contribution in [-0.2, 0) is 15.7 Å². The van der Waals surface area contributed by atoms with Crippen LogP contribution in [0.3, 0.4) is 0 Å². The molecule has 0 saturated heterocycles. The third kappa shape index (κ3) is 4.32. The molecule has 106 valence electrons. The van der Waals surface area contributed by atoms with E-state index in [-0.39, 0.29) is 35.1 Å². The molecule has 0 aliphatic carbocycles. The number of ether oxygens (including phenoxy) is 2. The Bertz CT molecular complexity index is 468. The average molecular weight is 295 g/mol. The first kappa shape index (κ1) is 15.6. The minimum absolute atomic E-state index is 0.0622. The molecule has 0 saturated carbocycles. The standard InChI is InChI=1S/C11H12F3NO3S/c1-3-18-9(16)8-7(5-4-6-17-2)15-10(19-8)11(12,13)14/h4-5H,3,6H2,1-2H3. The summed E-state index contributed by atoms with van der Waals surface area (Å²) in [5, 5.41) is -1.08. The molecular formula is C11H12F3NO3S. The number of carbonyl (C=O) groups excluding carboxylic acids is 1. The van der Waals surface area contributed by atoms with Crippen molar-refractivity contribution in [2.45, 2.75) is 13.1 Å². The van der Waals surface area contributed by atoms with Crippen molar-refractivity contribution in [3.63, 3.8) is 0 Å². The number of rotatable bonds is 5. The third-order valence-electron chi connectivity index (χ3n) is 1.90. The fourth-order valence-corrected chi connectivity index (χ4v) is 1.98. The number of hydrogen-bond donors (Lipinski definition) is 0. The largest absolute Gasteiger partial charge is 0.462 e. The van der Waals surface area contributed by atoms with Gasteiger partial charge in [0.2, 0.25) is 0 Å². The maximum atomic E-state index is 12.6. The molecule has 0 N–H and O–H groups in total. The second-order valence-corrected chi connectivity index (χ2v) is 4.31. The molecule has 0 aromatic carbocycles. The predicted molar refractivity (Wildman–Crippen MR) is 64.0 cm³/mol. The Balaban J connectivity index is 3.11. The molecule has 0 spiro atoms. The third-order valence-corrected chi connectivity index (χ3v) is 2.99. The van der Waals surface area contributed by atoms with Gasteiger partial charge < -0.3 is 9.47 Å². The van der Waals surface area contributed by atoms with Crippen molar-refractivity contribution >= 4 is 23.4 Å². The zero-order valence-corrected chi connectivity index (χ0v) is 11.1. The number of alkyl halides is 3. The number of nitrogens with zero attached hydrogens (tertiary/aromatic N) is 1. The first-order valence-electron chi connectivity index (χ1n) is 5.30. The van der Waals surface area contributed by atoms with Crippen molar-refractivity contribution in [2.24, 2.45) is 0 Å². The highest BCUT2D eigenvalue weighted by Gasteiger charge is 2.37. The van der Waals surface area contributed by atoms with Gasteiger partial charge in [0.1, 0.15) is 4.88 Å². The van der Waals surface area contributed by atoms with Gasteiger partial charge in [-0.15, -0.1) is 11.3 Å². The van der Waals surface area contributed by atoms with Crippen molar-refractivity contribution in [1.82, 2.24) is 4.98 Å². The molecule has 1 aromatic rings. The normalized spacial score (nSPS) is 12.1. The number of carbonyl (C=O) groups is 1. The number of methoxy groups -OCH3 is 1. The van der Waals surface area contributed by atoms with Crippen molar-refractivity contribution < 1.29 is 27.4 Å². The van der Waals surface area contributed by atoms with Gasteiger partial charge >= 0.3 is 12.1 Å².